The molecular weight excluding hydrogens is 472 g/mol. The molecule has 11 nitrogen and oxygen atoms in total. The minimum atomic E-state index is -0.365. The summed E-state index contributed by atoms with van der Waals surface area (Å²) in [5.41, 5.74) is 9.11. The molecule has 4 heterocycles. The normalized spacial score (nSPS) is 12.8. The van der Waals surface area contributed by atoms with Crippen molar-refractivity contribution < 1.29 is 9.59 Å². The SMILES string of the molecule is C=CC(=O)N1CCN(c2cc3cnc(N)nc3n(-c3ccc(C(=O)NC)nc3)c2=O)c2cccc(C)c21. The van der Waals surface area contributed by atoms with E-state index in [4.69, 9.17) is 5.73 Å². The number of amides is 2. The Bertz CT molecular complexity index is 1630. The molecule has 186 valence electrons. The van der Waals surface area contributed by atoms with Crippen LogP contribution < -0.4 is 26.4 Å². The second kappa shape index (κ2) is 9.19. The second-order valence-electron chi connectivity index (χ2n) is 8.45. The van der Waals surface area contributed by atoms with Gasteiger partial charge in [0.25, 0.3) is 17.4 Å². The molecule has 0 saturated heterocycles. The molecule has 0 atom stereocenters. The predicted molar refractivity (Wildman–Crippen MR) is 141 cm³/mol. The fraction of sp³-hybridized carbons (Fsp3) is 0.154. The molecule has 4 aromatic rings. The van der Waals surface area contributed by atoms with Crippen molar-refractivity contribution in [1.82, 2.24) is 24.8 Å². The van der Waals surface area contributed by atoms with Gasteiger partial charge in [-0.25, -0.2) is 9.97 Å². The molecule has 5 rings (SSSR count). The Hall–Kier alpha value is -5.06. The van der Waals surface area contributed by atoms with Crippen molar-refractivity contribution in [2.24, 2.45) is 0 Å². The van der Waals surface area contributed by atoms with Gasteiger partial charge in [0.05, 0.1) is 23.3 Å². The van der Waals surface area contributed by atoms with Gasteiger partial charge in [0, 0.05) is 31.7 Å². The van der Waals surface area contributed by atoms with Crippen LogP contribution in [0.25, 0.3) is 16.7 Å². The fourth-order valence-electron chi connectivity index (χ4n) is 4.54. The number of carbonyl (C=O) groups excluding carboxylic acids is 2. The summed E-state index contributed by atoms with van der Waals surface area (Å²) in [7, 11) is 1.51. The number of hydrogen-bond acceptors (Lipinski definition) is 8. The van der Waals surface area contributed by atoms with Gasteiger partial charge in [-0.05, 0) is 42.8 Å². The number of aryl methyl sites for hydroxylation is 1. The molecule has 0 saturated carbocycles. The highest BCUT2D eigenvalue weighted by atomic mass is 16.2. The van der Waals surface area contributed by atoms with E-state index in [2.05, 4.69) is 26.8 Å². The Kier molecular flexibility index (Phi) is 5.88. The van der Waals surface area contributed by atoms with E-state index in [1.165, 1.54) is 30.0 Å². The Balaban J connectivity index is 1.74. The minimum absolute atomic E-state index is 0.0147. The third-order valence-corrected chi connectivity index (χ3v) is 6.26. The first kappa shape index (κ1) is 23.7. The van der Waals surface area contributed by atoms with Crippen LogP contribution in [0, 0.1) is 6.92 Å². The van der Waals surface area contributed by atoms with Crippen molar-refractivity contribution in [2.75, 3.05) is 35.7 Å². The van der Waals surface area contributed by atoms with E-state index in [1.54, 1.807) is 23.2 Å². The van der Waals surface area contributed by atoms with Crippen molar-refractivity contribution in [1.29, 1.82) is 0 Å². The van der Waals surface area contributed by atoms with Crippen LogP contribution in [-0.4, -0.2) is 51.5 Å². The van der Waals surface area contributed by atoms with Gasteiger partial charge in [-0.15, -0.1) is 0 Å². The van der Waals surface area contributed by atoms with Crippen LogP contribution in [-0.2, 0) is 4.79 Å². The summed E-state index contributed by atoms with van der Waals surface area (Å²) in [5, 5.41) is 3.10. The van der Waals surface area contributed by atoms with Crippen molar-refractivity contribution in [3.8, 4) is 5.69 Å². The zero-order valence-corrected chi connectivity index (χ0v) is 20.3. The predicted octanol–water partition coefficient (Wildman–Crippen LogP) is 2.10. The zero-order valence-electron chi connectivity index (χ0n) is 20.3. The summed E-state index contributed by atoms with van der Waals surface area (Å²) < 4.78 is 1.40. The van der Waals surface area contributed by atoms with Gasteiger partial charge in [0.1, 0.15) is 11.4 Å². The highest BCUT2D eigenvalue weighted by Crippen LogP contribution is 2.39. The number of anilines is 4. The summed E-state index contributed by atoms with van der Waals surface area (Å²) in [5.74, 6) is -0.541. The highest BCUT2D eigenvalue weighted by Gasteiger charge is 2.30. The number of hydrogen-bond donors (Lipinski definition) is 2. The van der Waals surface area contributed by atoms with Crippen LogP contribution in [0.1, 0.15) is 16.1 Å². The van der Waals surface area contributed by atoms with Gasteiger partial charge in [0.2, 0.25) is 5.95 Å². The van der Waals surface area contributed by atoms with E-state index in [0.717, 1.165) is 11.3 Å². The highest BCUT2D eigenvalue weighted by molar-refractivity contribution is 6.05. The molecule has 3 N–H and O–H groups in total. The van der Waals surface area contributed by atoms with Crippen LogP contribution in [0.4, 0.5) is 23.0 Å². The first-order valence-electron chi connectivity index (χ1n) is 11.5. The number of nitrogens with two attached hydrogens (primary N) is 1. The Morgan fingerprint density at radius 2 is 1.92 bits per heavy atom. The lowest BCUT2D eigenvalue weighted by atomic mass is 10.1. The number of rotatable bonds is 4. The molecule has 37 heavy (non-hydrogen) atoms. The Morgan fingerprint density at radius 1 is 1.11 bits per heavy atom. The smallest absolute Gasteiger partial charge is 0.280 e. The summed E-state index contributed by atoms with van der Waals surface area (Å²) in [6, 6.07) is 10.5. The molecule has 11 heteroatoms. The van der Waals surface area contributed by atoms with Gasteiger partial charge in [-0.3, -0.25) is 19.0 Å². The number of nitrogen functional groups attached to an aromatic ring is 1. The van der Waals surface area contributed by atoms with Gasteiger partial charge < -0.3 is 20.9 Å². The minimum Gasteiger partial charge on any atom is -0.368 e. The van der Waals surface area contributed by atoms with Crippen molar-refractivity contribution in [3.05, 3.63) is 83.1 Å². The second-order valence-corrected chi connectivity index (χ2v) is 8.45. The van der Waals surface area contributed by atoms with Crippen LogP contribution in [0.3, 0.4) is 0 Å². The summed E-state index contributed by atoms with van der Waals surface area (Å²) in [4.78, 5) is 54.8. The lowest BCUT2D eigenvalue weighted by Crippen LogP contribution is -2.43. The van der Waals surface area contributed by atoms with E-state index in [9.17, 15) is 14.4 Å². The number of pyridine rings is 2. The molecule has 0 fully saturated rings. The Labute approximate surface area is 211 Å². The standard InChI is InChI=1S/C26H24N8O3/c1-4-21(35)33-11-10-32(19-7-5-6-15(2)22(19)33)20-12-16-13-30-26(27)31-23(16)34(25(20)37)17-8-9-18(29-14-17)24(36)28-3/h4-9,12-14H,1,10-11H2,2-3H3,(H,28,36)(H2,27,30,31). The number of nitrogens with one attached hydrogen (secondary N) is 1. The molecule has 0 aliphatic carbocycles. The third-order valence-electron chi connectivity index (χ3n) is 6.26. The Morgan fingerprint density at radius 3 is 2.62 bits per heavy atom. The molecule has 2 amide bonds. The maximum Gasteiger partial charge on any atom is 0.280 e. The molecule has 1 aliphatic rings. The zero-order chi connectivity index (χ0) is 26.3. The molecule has 0 bridgehead atoms. The van der Waals surface area contributed by atoms with Crippen molar-refractivity contribution in [3.63, 3.8) is 0 Å². The largest absolute Gasteiger partial charge is 0.368 e. The molecule has 0 unspecified atom stereocenters. The molecular formula is C26H24N8O3. The number of carbonyl (C=O) groups is 2. The molecule has 1 aliphatic heterocycles. The number of benzene rings is 1. The van der Waals surface area contributed by atoms with Crippen LogP contribution in [0.5, 0.6) is 0 Å². The average molecular weight is 497 g/mol. The number of nitrogens with zero attached hydrogens (tertiary/aromatic N) is 6. The van der Waals surface area contributed by atoms with E-state index in [-0.39, 0.29) is 29.0 Å². The topological polar surface area (TPSA) is 139 Å². The fourth-order valence-corrected chi connectivity index (χ4v) is 4.54. The van der Waals surface area contributed by atoms with E-state index in [0.29, 0.717) is 41.2 Å². The lowest BCUT2D eigenvalue weighted by molar-refractivity contribution is -0.114. The third kappa shape index (κ3) is 3.96. The lowest BCUT2D eigenvalue weighted by Gasteiger charge is -2.38. The quantitative estimate of drug-likeness (QED) is 0.410. The maximum atomic E-state index is 14.1. The summed E-state index contributed by atoms with van der Waals surface area (Å²) >= 11 is 0. The van der Waals surface area contributed by atoms with E-state index in [1.807, 2.05) is 30.0 Å². The van der Waals surface area contributed by atoms with Gasteiger partial charge in [0.15, 0.2) is 5.65 Å². The van der Waals surface area contributed by atoms with Gasteiger partial charge >= 0.3 is 0 Å². The maximum absolute atomic E-state index is 14.1. The van der Waals surface area contributed by atoms with Crippen LogP contribution in [0.15, 0.2) is 66.2 Å². The molecule has 3 aromatic heterocycles. The molecule has 0 spiro atoms. The monoisotopic (exact) mass is 496 g/mol. The van der Waals surface area contributed by atoms with Gasteiger partial charge in [-0.1, -0.05) is 18.7 Å². The summed E-state index contributed by atoms with van der Waals surface area (Å²) in [6.07, 6.45) is 4.27. The molecule has 1 aromatic carbocycles. The van der Waals surface area contributed by atoms with Gasteiger partial charge in [-0.2, -0.15) is 4.98 Å². The van der Waals surface area contributed by atoms with Crippen LogP contribution >= 0.6 is 0 Å². The number of fused-ring (bicyclic) bond motifs is 2. The first-order chi connectivity index (χ1) is 17.8. The van der Waals surface area contributed by atoms with Crippen molar-refractivity contribution in [2.45, 2.75) is 6.92 Å². The van der Waals surface area contributed by atoms with Crippen molar-refractivity contribution >= 4 is 45.9 Å². The molecule has 0 radical (unpaired) electrons. The van der Waals surface area contributed by atoms with E-state index < -0.39 is 0 Å². The number of para-hydroxylation sites is 1. The average Bonchev–Trinajstić information content (AvgIpc) is 2.92. The van der Waals surface area contributed by atoms with Crippen LogP contribution in [0.2, 0.25) is 0 Å². The first-order valence-corrected chi connectivity index (χ1v) is 11.5. The summed E-state index contributed by atoms with van der Waals surface area (Å²) in [6.45, 7) is 6.28. The van der Waals surface area contributed by atoms with E-state index >= 15 is 0 Å². The number of aromatic nitrogens is 4.